The number of hydrogen-bond donors (Lipinski definition) is 2. The van der Waals surface area contributed by atoms with Gasteiger partial charge in [0.25, 0.3) is 0 Å². The standard InChI is InChI=1S/C15H31NO2/c1-2-8-15(12-16,13-17)9-4-3-5-14-6-10-18-11-7-14/h14,17H,2-13,16H2,1H3. The van der Waals surface area contributed by atoms with Crippen molar-refractivity contribution < 1.29 is 9.84 Å². The fraction of sp³-hybridized carbons (Fsp3) is 1.00. The molecular formula is C15H31NO2. The highest BCUT2D eigenvalue weighted by Gasteiger charge is 2.26. The van der Waals surface area contributed by atoms with E-state index in [1.54, 1.807) is 0 Å². The molecule has 0 aromatic heterocycles. The van der Waals surface area contributed by atoms with Crippen LogP contribution in [-0.4, -0.2) is 31.5 Å². The van der Waals surface area contributed by atoms with E-state index in [-0.39, 0.29) is 12.0 Å². The molecule has 1 unspecified atom stereocenters. The van der Waals surface area contributed by atoms with Gasteiger partial charge in [0.05, 0.1) is 0 Å². The van der Waals surface area contributed by atoms with E-state index in [1.807, 2.05) is 0 Å². The van der Waals surface area contributed by atoms with Crippen LogP contribution >= 0.6 is 0 Å². The Morgan fingerprint density at radius 3 is 2.50 bits per heavy atom. The van der Waals surface area contributed by atoms with Crippen LogP contribution in [-0.2, 0) is 4.74 Å². The Bertz CT molecular complexity index is 199. The van der Waals surface area contributed by atoms with Gasteiger partial charge in [-0.3, -0.25) is 0 Å². The predicted molar refractivity (Wildman–Crippen MR) is 75.5 cm³/mol. The van der Waals surface area contributed by atoms with Gasteiger partial charge in [0.2, 0.25) is 0 Å². The molecule has 3 N–H and O–H groups in total. The van der Waals surface area contributed by atoms with Gasteiger partial charge in [-0.1, -0.05) is 32.6 Å². The summed E-state index contributed by atoms with van der Waals surface area (Å²) in [4.78, 5) is 0. The molecule has 0 aliphatic carbocycles. The van der Waals surface area contributed by atoms with E-state index >= 15 is 0 Å². The van der Waals surface area contributed by atoms with Crippen LogP contribution in [0.4, 0.5) is 0 Å². The van der Waals surface area contributed by atoms with Crippen LogP contribution in [0.25, 0.3) is 0 Å². The summed E-state index contributed by atoms with van der Waals surface area (Å²) in [5, 5.41) is 9.56. The number of ether oxygens (including phenoxy) is 1. The maximum absolute atomic E-state index is 9.56. The Labute approximate surface area is 112 Å². The van der Waals surface area contributed by atoms with Crippen LogP contribution in [0.3, 0.4) is 0 Å². The summed E-state index contributed by atoms with van der Waals surface area (Å²) >= 11 is 0. The molecule has 0 amide bonds. The highest BCUT2D eigenvalue weighted by atomic mass is 16.5. The normalized spacial score (nSPS) is 20.8. The van der Waals surface area contributed by atoms with Crippen molar-refractivity contribution in [2.75, 3.05) is 26.4 Å². The lowest BCUT2D eigenvalue weighted by molar-refractivity contribution is 0.0619. The van der Waals surface area contributed by atoms with Gasteiger partial charge in [-0.2, -0.15) is 0 Å². The molecular weight excluding hydrogens is 226 g/mol. The van der Waals surface area contributed by atoms with Crippen molar-refractivity contribution >= 4 is 0 Å². The summed E-state index contributed by atoms with van der Waals surface area (Å²) in [7, 11) is 0. The van der Waals surface area contributed by atoms with E-state index in [4.69, 9.17) is 10.5 Å². The number of aliphatic hydroxyl groups excluding tert-OH is 1. The van der Waals surface area contributed by atoms with Crippen molar-refractivity contribution in [3.8, 4) is 0 Å². The molecule has 0 spiro atoms. The number of hydrogen-bond acceptors (Lipinski definition) is 3. The van der Waals surface area contributed by atoms with E-state index in [0.29, 0.717) is 6.54 Å². The zero-order valence-corrected chi connectivity index (χ0v) is 12.0. The van der Waals surface area contributed by atoms with E-state index in [2.05, 4.69) is 6.92 Å². The maximum atomic E-state index is 9.56. The molecule has 0 bridgehead atoms. The van der Waals surface area contributed by atoms with Crippen molar-refractivity contribution in [2.45, 2.75) is 58.3 Å². The molecule has 108 valence electrons. The van der Waals surface area contributed by atoms with Gasteiger partial charge in [0.1, 0.15) is 0 Å². The average molecular weight is 257 g/mol. The molecule has 18 heavy (non-hydrogen) atoms. The smallest absolute Gasteiger partial charge is 0.0499 e. The third kappa shape index (κ3) is 5.25. The fourth-order valence-electron chi connectivity index (χ4n) is 3.05. The van der Waals surface area contributed by atoms with Crippen LogP contribution in [0.1, 0.15) is 58.3 Å². The number of rotatable bonds is 9. The lowest BCUT2D eigenvalue weighted by Crippen LogP contribution is -2.34. The Morgan fingerprint density at radius 1 is 1.22 bits per heavy atom. The first-order valence-electron chi connectivity index (χ1n) is 7.65. The Balaban J connectivity index is 2.17. The topological polar surface area (TPSA) is 55.5 Å². The molecule has 0 aromatic rings. The Kier molecular flexibility index (Phi) is 7.87. The van der Waals surface area contributed by atoms with Crippen molar-refractivity contribution in [3.63, 3.8) is 0 Å². The molecule has 0 saturated carbocycles. The van der Waals surface area contributed by atoms with E-state index < -0.39 is 0 Å². The summed E-state index contributed by atoms with van der Waals surface area (Å²) in [5.41, 5.74) is 5.84. The zero-order valence-electron chi connectivity index (χ0n) is 12.0. The Hall–Kier alpha value is -0.120. The van der Waals surface area contributed by atoms with E-state index in [9.17, 15) is 5.11 Å². The summed E-state index contributed by atoms with van der Waals surface area (Å²) in [5.74, 6) is 0.867. The van der Waals surface area contributed by atoms with Crippen molar-refractivity contribution in [2.24, 2.45) is 17.1 Å². The molecule has 1 saturated heterocycles. The average Bonchev–Trinajstić information content (AvgIpc) is 2.43. The van der Waals surface area contributed by atoms with Gasteiger partial charge in [-0.25, -0.2) is 0 Å². The van der Waals surface area contributed by atoms with Crippen molar-refractivity contribution in [1.82, 2.24) is 0 Å². The molecule has 1 heterocycles. The summed E-state index contributed by atoms with van der Waals surface area (Å²) < 4.78 is 5.38. The second kappa shape index (κ2) is 8.89. The molecule has 1 rings (SSSR count). The molecule has 1 aliphatic heterocycles. The quantitative estimate of drug-likeness (QED) is 0.624. The highest BCUT2D eigenvalue weighted by molar-refractivity contribution is 4.79. The highest BCUT2D eigenvalue weighted by Crippen LogP contribution is 2.30. The van der Waals surface area contributed by atoms with Crippen molar-refractivity contribution in [1.29, 1.82) is 0 Å². The van der Waals surface area contributed by atoms with Crippen LogP contribution in [0, 0.1) is 11.3 Å². The second-order valence-electron chi connectivity index (χ2n) is 5.91. The van der Waals surface area contributed by atoms with Crippen LogP contribution in [0.15, 0.2) is 0 Å². The minimum atomic E-state index is -0.00950. The number of unbranched alkanes of at least 4 members (excludes halogenated alkanes) is 1. The minimum Gasteiger partial charge on any atom is -0.396 e. The van der Waals surface area contributed by atoms with E-state index in [1.165, 1.54) is 32.1 Å². The number of aliphatic hydroxyl groups is 1. The fourth-order valence-corrected chi connectivity index (χ4v) is 3.05. The SMILES string of the molecule is CCCC(CN)(CO)CCCCC1CCOCC1. The summed E-state index contributed by atoms with van der Waals surface area (Å²) in [6.45, 7) is 4.93. The Morgan fingerprint density at radius 2 is 1.94 bits per heavy atom. The van der Waals surface area contributed by atoms with Gasteiger partial charge >= 0.3 is 0 Å². The van der Waals surface area contributed by atoms with Crippen LogP contribution < -0.4 is 5.73 Å². The van der Waals surface area contributed by atoms with Gasteiger partial charge in [-0.05, 0) is 31.6 Å². The monoisotopic (exact) mass is 257 g/mol. The van der Waals surface area contributed by atoms with Gasteiger partial charge in [-0.15, -0.1) is 0 Å². The van der Waals surface area contributed by atoms with Crippen LogP contribution in [0.2, 0.25) is 0 Å². The molecule has 1 aliphatic rings. The maximum Gasteiger partial charge on any atom is 0.0499 e. The molecule has 0 aromatic carbocycles. The first kappa shape index (κ1) is 15.9. The molecule has 3 heteroatoms. The first-order chi connectivity index (χ1) is 8.76. The minimum absolute atomic E-state index is 0.00950. The summed E-state index contributed by atoms with van der Waals surface area (Å²) in [6, 6.07) is 0. The van der Waals surface area contributed by atoms with E-state index in [0.717, 1.165) is 38.4 Å². The van der Waals surface area contributed by atoms with Crippen molar-refractivity contribution in [3.05, 3.63) is 0 Å². The van der Waals surface area contributed by atoms with Gasteiger partial charge < -0.3 is 15.6 Å². The third-order valence-corrected chi connectivity index (χ3v) is 4.46. The van der Waals surface area contributed by atoms with Crippen LogP contribution in [0.5, 0.6) is 0 Å². The molecule has 0 radical (unpaired) electrons. The molecule has 3 nitrogen and oxygen atoms in total. The molecule has 1 fully saturated rings. The lowest BCUT2D eigenvalue weighted by atomic mass is 9.79. The molecule has 1 atom stereocenters. The zero-order chi connectivity index (χ0) is 13.3. The lowest BCUT2D eigenvalue weighted by Gasteiger charge is -2.30. The summed E-state index contributed by atoms with van der Waals surface area (Å²) in [6.07, 6.45) is 9.51. The predicted octanol–water partition coefficient (Wildman–Crippen LogP) is 2.71. The van der Waals surface area contributed by atoms with Gasteiger partial charge in [0.15, 0.2) is 0 Å². The number of nitrogens with two attached hydrogens (primary N) is 1. The first-order valence-corrected chi connectivity index (χ1v) is 7.65. The largest absolute Gasteiger partial charge is 0.396 e. The third-order valence-electron chi connectivity index (χ3n) is 4.46. The second-order valence-corrected chi connectivity index (χ2v) is 5.91. The van der Waals surface area contributed by atoms with Gasteiger partial charge in [0, 0.05) is 31.8 Å².